The summed E-state index contributed by atoms with van der Waals surface area (Å²) in [4.78, 5) is 17.9. The van der Waals surface area contributed by atoms with Crippen molar-refractivity contribution in [1.29, 1.82) is 0 Å². The van der Waals surface area contributed by atoms with Gasteiger partial charge in [-0.25, -0.2) is 4.98 Å². The van der Waals surface area contributed by atoms with E-state index in [-0.39, 0.29) is 0 Å². The molecule has 1 aliphatic heterocycles. The van der Waals surface area contributed by atoms with Gasteiger partial charge in [-0.1, -0.05) is 12.1 Å². The minimum Gasteiger partial charge on any atom is -0.302 e. The lowest BCUT2D eigenvalue weighted by Crippen LogP contribution is -2.62. The summed E-state index contributed by atoms with van der Waals surface area (Å²) in [6.07, 6.45) is 8.94. The summed E-state index contributed by atoms with van der Waals surface area (Å²) >= 11 is 0. The van der Waals surface area contributed by atoms with Crippen LogP contribution in [-0.4, -0.2) is 43.9 Å². The first-order chi connectivity index (χ1) is 14.4. The Balaban J connectivity index is 1.09. The van der Waals surface area contributed by atoms with Gasteiger partial charge >= 0.3 is 0 Å². The lowest BCUT2D eigenvalue weighted by atomic mass is 9.56. The van der Waals surface area contributed by atoms with E-state index in [4.69, 9.17) is 0 Å². The van der Waals surface area contributed by atoms with E-state index in [1.807, 2.05) is 17.9 Å². The van der Waals surface area contributed by atoms with E-state index in [1.54, 1.807) is 0 Å². The molecule has 2 fully saturated rings. The Morgan fingerprint density at radius 3 is 2.80 bits per heavy atom. The molecule has 2 aliphatic rings. The van der Waals surface area contributed by atoms with Crippen LogP contribution in [0.5, 0.6) is 0 Å². The van der Waals surface area contributed by atoms with Crippen molar-refractivity contribution in [3.8, 4) is 0 Å². The third-order valence-electron chi connectivity index (χ3n) is 7.07. The molecule has 1 spiro atoms. The highest BCUT2D eigenvalue weighted by molar-refractivity contribution is 5.82. The smallest absolute Gasteiger partial charge is 0.289 e. The Bertz CT molecular complexity index is 1140. The van der Waals surface area contributed by atoms with Gasteiger partial charge in [0, 0.05) is 32.1 Å². The highest BCUT2D eigenvalue weighted by Crippen LogP contribution is 2.53. The van der Waals surface area contributed by atoms with Gasteiger partial charge in [0.05, 0.1) is 24.2 Å². The largest absolute Gasteiger partial charge is 0.302 e. The minimum atomic E-state index is -0.779. The van der Waals surface area contributed by atoms with Crippen LogP contribution >= 0.6 is 0 Å². The summed E-state index contributed by atoms with van der Waals surface area (Å²) in [5.41, 5.74) is 4.00. The summed E-state index contributed by atoms with van der Waals surface area (Å²) in [7, 11) is 2.02. The van der Waals surface area contributed by atoms with Crippen LogP contribution < -0.4 is 5.56 Å². The van der Waals surface area contributed by atoms with Crippen LogP contribution in [0.1, 0.15) is 30.4 Å². The van der Waals surface area contributed by atoms with E-state index in [1.165, 1.54) is 45.8 Å². The number of aromatic nitrogens is 4. The maximum atomic E-state index is 13.3. The van der Waals surface area contributed by atoms with E-state index in [0.717, 1.165) is 44.6 Å². The molecule has 30 heavy (non-hydrogen) atoms. The van der Waals surface area contributed by atoms with Crippen LogP contribution in [0.25, 0.3) is 10.9 Å². The fourth-order valence-corrected chi connectivity index (χ4v) is 5.71. The maximum Gasteiger partial charge on any atom is 0.289 e. The number of aryl methyl sites for hydroxylation is 3. The predicted octanol–water partition coefficient (Wildman–Crippen LogP) is 2.92. The quantitative estimate of drug-likeness (QED) is 0.628. The summed E-state index contributed by atoms with van der Waals surface area (Å²) in [5.74, 6) is -0.00725. The molecule has 3 heterocycles. The summed E-state index contributed by atoms with van der Waals surface area (Å²) in [6.45, 7) is 5.99. The Labute approximate surface area is 175 Å². The lowest BCUT2D eigenvalue weighted by Gasteiger charge is -2.59. The molecule has 1 saturated heterocycles. The van der Waals surface area contributed by atoms with Crippen LogP contribution in [0, 0.1) is 24.1 Å². The van der Waals surface area contributed by atoms with Crippen LogP contribution in [0.3, 0.4) is 0 Å². The van der Waals surface area contributed by atoms with Gasteiger partial charge in [0.2, 0.25) is 5.82 Å². The summed E-state index contributed by atoms with van der Waals surface area (Å²) in [5, 5.41) is 5.61. The van der Waals surface area contributed by atoms with Crippen molar-refractivity contribution < 1.29 is 4.39 Å². The Hall–Kier alpha value is -2.54. The predicted molar refractivity (Wildman–Crippen MR) is 114 cm³/mol. The van der Waals surface area contributed by atoms with E-state index in [0.29, 0.717) is 12.0 Å². The average Bonchev–Trinajstić information content (AvgIpc) is 3.04. The maximum absolute atomic E-state index is 13.3. The zero-order valence-electron chi connectivity index (χ0n) is 17.6. The molecule has 0 amide bonds. The Morgan fingerprint density at radius 1 is 1.20 bits per heavy atom. The van der Waals surface area contributed by atoms with Gasteiger partial charge in [-0.3, -0.25) is 14.0 Å². The number of nitrogens with zero attached hydrogens (tertiary/aromatic N) is 5. The van der Waals surface area contributed by atoms with Gasteiger partial charge in [0.15, 0.2) is 0 Å². The molecule has 3 aromatic rings. The Kier molecular flexibility index (Phi) is 4.73. The van der Waals surface area contributed by atoms with E-state index < -0.39 is 11.4 Å². The molecule has 0 bridgehead atoms. The third-order valence-corrected chi connectivity index (χ3v) is 7.07. The molecule has 6 nitrogen and oxygen atoms in total. The van der Waals surface area contributed by atoms with E-state index in [9.17, 15) is 9.18 Å². The molecule has 7 heteroatoms. The average molecular weight is 410 g/mol. The number of rotatable bonds is 6. The number of likely N-dealkylation sites (tertiary alicyclic amines) is 1. The second-order valence-electron chi connectivity index (χ2n) is 9.34. The zero-order chi connectivity index (χ0) is 20.9. The number of hydrogen-bond donors (Lipinski definition) is 0. The van der Waals surface area contributed by atoms with Gasteiger partial charge in [-0.05, 0) is 61.6 Å². The monoisotopic (exact) mass is 409 g/mol. The van der Waals surface area contributed by atoms with E-state index in [2.05, 4.69) is 34.0 Å². The molecule has 0 N–H and O–H groups in total. The topological polar surface area (TPSA) is 56.0 Å². The highest BCUT2D eigenvalue weighted by Gasteiger charge is 2.51. The number of benzene rings is 1. The first-order valence-electron chi connectivity index (χ1n) is 10.8. The van der Waals surface area contributed by atoms with Crippen LogP contribution in [0.2, 0.25) is 0 Å². The van der Waals surface area contributed by atoms with E-state index >= 15 is 0 Å². The molecule has 0 unspecified atom stereocenters. The number of fused-ring (bicyclic) bond motifs is 1. The molecule has 1 aromatic carbocycles. The third kappa shape index (κ3) is 3.35. The van der Waals surface area contributed by atoms with Crippen molar-refractivity contribution in [3.63, 3.8) is 0 Å². The highest BCUT2D eigenvalue weighted by atomic mass is 19.1. The van der Waals surface area contributed by atoms with Crippen molar-refractivity contribution in [3.05, 3.63) is 58.2 Å². The second-order valence-corrected chi connectivity index (χ2v) is 9.34. The van der Waals surface area contributed by atoms with Crippen molar-refractivity contribution >= 4 is 10.9 Å². The molecule has 5 rings (SSSR count). The fourth-order valence-electron chi connectivity index (χ4n) is 5.71. The summed E-state index contributed by atoms with van der Waals surface area (Å²) < 4.78 is 16.6. The second kappa shape index (κ2) is 7.30. The molecule has 0 atom stereocenters. The Morgan fingerprint density at radius 2 is 2.00 bits per heavy atom. The fraction of sp³-hybridized carbons (Fsp3) is 0.522. The first-order valence-corrected chi connectivity index (χ1v) is 10.8. The SMILES string of the molecule is Cc1c(CC2CC3(C2)CN(CCCn2cncc(F)c2=O)C3)ccc2cnn(C)c12. The molecular weight excluding hydrogens is 381 g/mol. The molecule has 2 aromatic heterocycles. The zero-order valence-corrected chi connectivity index (χ0v) is 17.6. The van der Waals surface area contributed by atoms with Crippen LogP contribution in [-0.2, 0) is 20.0 Å². The molecule has 1 aliphatic carbocycles. The molecule has 0 radical (unpaired) electrons. The summed E-state index contributed by atoms with van der Waals surface area (Å²) in [6, 6.07) is 4.48. The standard InChI is InChI=1S/C23H28FN5O/c1-16-18(4-5-19-11-26-27(2)21(16)19)8-17-9-23(10-17)13-28(14-23)6-3-7-29-15-25-12-20(24)22(29)30/h4-5,11-12,15,17H,3,6-10,13-14H2,1-2H3. The first kappa shape index (κ1) is 19.4. The van der Waals surface area contributed by atoms with Gasteiger partial charge in [0.1, 0.15) is 0 Å². The molecule has 1 saturated carbocycles. The molecular formula is C23H28FN5O. The molecule has 158 valence electrons. The van der Waals surface area contributed by atoms with Gasteiger partial charge in [0.25, 0.3) is 5.56 Å². The van der Waals surface area contributed by atoms with Crippen molar-refractivity contribution in [2.45, 2.75) is 39.2 Å². The van der Waals surface area contributed by atoms with Gasteiger partial charge < -0.3 is 4.90 Å². The minimum absolute atomic E-state index is 0.506. The van der Waals surface area contributed by atoms with Crippen LogP contribution in [0.15, 0.2) is 35.6 Å². The number of halogens is 1. The lowest BCUT2D eigenvalue weighted by molar-refractivity contribution is -0.0940. The van der Waals surface area contributed by atoms with Crippen molar-refractivity contribution in [2.75, 3.05) is 19.6 Å². The van der Waals surface area contributed by atoms with Gasteiger partial charge in [-0.15, -0.1) is 0 Å². The normalized spacial score (nSPS) is 18.6. The van der Waals surface area contributed by atoms with Crippen molar-refractivity contribution in [1.82, 2.24) is 24.2 Å². The van der Waals surface area contributed by atoms with Crippen LogP contribution in [0.4, 0.5) is 4.39 Å². The number of hydrogen-bond acceptors (Lipinski definition) is 4. The van der Waals surface area contributed by atoms with Gasteiger partial charge in [-0.2, -0.15) is 9.49 Å². The van der Waals surface area contributed by atoms with Crippen molar-refractivity contribution in [2.24, 2.45) is 18.4 Å².